The lowest BCUT2D eigenvalue weighted by molar-refractivity contribution is 0.0206. The van der Waals surface area contributed by atoms with E-state index in [0.29, 0.717) is 6.54 Å². The summed E-state index contributed by atoms with van der Waals surface area (Å²) in [5, 5.41) is 2.60. The normalized spacial score (nSPS) is 15.3. The fourth-order valence-electron chi connectivity index (χ4n) is 0.437. The van der Waals surface area contributed by atoms with Crippen molar-refractivity contribution in [2.45, 2.75) is 25.8 Å². The number of rotatable bonds is 4. The van der Waals surface area contributed by atoms with Crippen LogP contribution in [0, 0.1) is 0 Å². The van der Waals surface area contributed by atoms with Gasteiger partial charge in [0, 0.05) is 19.5 Å². The van der Waals surface area contributed by atoms with E-state index in [1.54, 1.807) is 6.92 Å². The van der Waals surface area contributed by atoms with Crippen molar-refractivity contribution >= 4 is 0 Å². The van der Waals surface area contributed by atoms with Crippen LogP contribution in [0.3, 0.4) is 0 Å². The van der Waals surface area contributed by atoms with Gasteiger partial charge in [-0.05, 0) is 6.92 Å². The monoisotopic (exact) mass is 152 g/mol. The van der Waals surface area contributed by atoms with E-state index in [1.165, 1.54) is 0 Å². The zero-order chi connectivity index (χ0) is 8.20. The first-order valence-electron chi connectivity index (χ1n) is 3.27. The molecule has 0 rings (SSSR count). The van der Waals surface area contributed by atoms with E-state index in [4.69, 9.17) is 5.73 Å². The molecule has 0 fully saturated rings. The van der Waals surface area contributed by atoms with Crippen molar-refractivity contribution in [3.05, 3.63) is 0 Å². The van der Waals surface area contributed by atoms with E-state index < -0.39 is 5.92 Å². The van der Waals surface area contributed by atoms with Gasteiger partial charge in [0.05, 0.1) is 6.54 Å². The molecule has 1 atom stereocenters. The quantitative estimate of drug-likeness (QED) is 0.618. The Bertz CT molecular complexity index is 90.2. The van der Waals surface area contributed by atoms with E-state index >= 15 is 0 Å². The van der Waals surface area contributed by atoms with Gasteiger partial charge in [0.15, 0.2) is 0 Å². The molecule has 2 nitrogen and oxygen atoms in total. The van der Waals surface area contributed by atoms with Crippen LogP contribution in [0.15, 0.2) is 0 Å². The van der Waals surface area contributed by atoms with Gasteiger partial charge >= 0.3 is 0 Å². The predicted octanol–water partition coefficient (Wildman–Crippen LogP) is 0.578. The van der Waals surface area contributed by atoms with Crippen LogP contribution in [0.2, 0.25) is 0 Å². The molecule has 62 valence electrons. The fraction of sp³-hybridized carbons (Fsp3) is 1.00. The van der Waals surface area contributed by atoms with Gasteiger partial charge in [-0.1, -0.05) is 0 Å². The third kappa shape index (κ3) is 5.91. The van der Waals surface area contributed by atoms with Crippen LogP contribution in [0.25, 0.3) is 0 Å². The van der Waals surface area contributed by atoms with E-state index in [0.717, 1.165) is 6.92 Å². The first-order valence-corrected chi connectivity index (χ1v) is 3.27. The molecular weight excluding hydrogens is 138 g/mol. The van der Waals surface area contributed by atoms with Crippen molar-refractivity contribution < 1.29 is 8.78 Å². The Morgan fingerprint density at radius 3 is 2.40 bits per heavy atom. The van der Waals surface area contributed by atoms with Crippen LogP contribution >= 0.6 is 0 Å². The molecule has 0 aromatic carbocycles. The lowest BCUT2D eigenvalue weighted by Crippen LogP contribution is -2.39. The van der Waals surface area contributed by atoms with Crippen molar-refractivity contribution in [2.75, 3.05) is 13.1 Å². The van der Waals surface area contributed by atoms with Gasteiger partial charge in [-0.3, -0.25) is 0 Å². The van der Waals surface area contributed by atoms with Gasteiger partial charge in [-0.15, -0.1) is 0 Å². The Kier molecular flexibility index (Phi) is 3.75. The summed E-state index contributed by atoms with van der Waals surface area (Å²) in [5.74, 6) is -2.64. The van der Waals surface area contributed by atoms with Crippen molar-refractivity contribution in [3.8, 4) is 0 Å². The zero-order valence-electron chi connectivity index (χ0n) is 6.32. The molecule has 0 saturated carbocycles. The molecule has 0 spiro atoms. The van der Waals surface area contributed by atoms with Crippen LogP contribution in [0.4, 0.5) is 8.78 Å². The number of hydrogen-bond donors (Lipinski definition) is 2. The summed E-state index contributed by atoms with van der Waals surface area (Å²) in [6.07, 6.45) is 0. The van der Waals surface area contributed by atoms with Crippen LogP contribution in [0.1, 0.15) is 13.8 Å². The van der Waals surface area contributed by atoms with Crippen LogP contribution in [0.5, 0.6) is 0 Å². The summed E-state index contributed by atoms with van der Waals surface area (Å²) in [6.45, 7) is 2.73. The standard InChI is InChI=1S/C6H14F2N2/c1-5(3-9)10-4-6(2,7)8/h5,10H,3-4,9H2,1-2H3/t5-/m1/s1. The second kappa shape index (κ2) is 3.83. The summed E-state index contributed by atoms with van der Waals surface area (Å²) in [5.41, 5.74) is 5.19. The predicted molar refractivity (Wildman–Crippen MR) is 37.1 cm³/mol. The smallest absolute Gasteiger partial charge is 0.257 e. The number of hydrogen-bond acceptors (Lipinski definition) is 2. The van der Waals surface area contributed by atoms with E-state index in [9.17, 15) is 8.78 Å². The van der Waals surface area contributed by atoms with Gasteiger partial charge < -0.3 is 11.1 Å². The Morgan fingerprint density at radius 1 is 1.60 bits per heavy atom. The summed E-state index contributed by atoms with van der Waals surface area (Å²) in [4.78, 5) is 0. The second-order valence-corrected chi connectivity index (χ2v) is 2.59. The molecule has 0 aliphatic carbocycles. The molecule has 0 heterocycles. The molecule has 0 aliphatic rings. The molecule has 0 aromatic rings. The van der Waals surface area contributed by atoms with Crippen molar-refractivity contribution in [2.24, 2.45) is 5.73 Å². The Balaban J connectivity index is 3.36. The molecule has 4 heteroatoms. The van der Waals surface area contributed by atoms with Crippen molar-refractivity contribution in [3.63, 3.8) is 0 Å². The molecule has 0 radical (unpaired) electrons. The topological polar surface area (TPSA) is 38.0 Å². The van der Waals surface area contributed by atoms with Gasteiger partial charge in [-0.25, -0.2) is 8.78 Å². The maximum Gasteiger partial charge on any atom is 0.257 e. The van der Waals surface area contributed by atoms with Crippen LogP contribution < -0.4 is 11.1 Å². The highest BCUT2D eigenvalue weighted by Crippen LogP contribution is 2.08. The van der Waals surface area contributed by atoms with E-state index in [-0.39, 0.29) is 12.6 Å². The second-order valence-electron chi connectivity index (χ2n) is 2.59. The molecule has 0 aromatic heterocycles. The maximum atomic E-state index is 12.1. The average molecular weight is 152 g/mol. The molecule has 0 saturated heterocycles. The molecular formula is C6H14F2N2. The van der Waals surface area contributed by atoms with Crippen LogP contribution in [-0.4, -0.2) is 25.1 Å². The third-order valence-corrected chi connectivity index (χ3v) is 1.11. The molecule has 10 heavy (non-hydrogen) atoms. The highest BCUT2D eigenvalue weighted by Gasteiger charge is 2.20. The minimum Gasteiger partial charge on any atom is -0.329 e. The highest BCUT2D eigenvalue weighted by molar-refractivity contribution is 4.67. The fourth-order valence-corrected chi connectivity index (χ4v) is 0.437. The van der Waals surface area contributed by atoms with Crippen LogP contribution in [-0.2, 0) is 0 Å². The van der Waals surface area contributed by atoms with Gasteiger partial charge in [0.1, 0.15) is 0 Å². The summed E-state index contributed by atoms with van der Waals surface area (Å²) >= 11 is 0. The molecule has 0 aliphatic heterocycles. The number of halogens is 2. The number of nitrogens with one attached hydrogen (secondary N) is 1. The molecule has 0 amide bonds. The maximum absolute atomic E-state index is 12.1. The lowest BCUT2D eigenvalue weighted by Gasteiger charge is -2.15. The third-order valence-electron chi connectivity index (χ3n) is 1.11. The SMILES string of the molecule is C[C@H](CN)NCC(C)(F)F. The zero-order valence-corrected chi connectivity index (χ0v) is 6.32. The lowest BCUT2D eigenvalue weighted by atomic mass is 10.3. The Morgan fingerprint density at radius 2 is 2.10 bits per heavy atom. The average Bonchev–Trinajstić information content (AvgIpc) is 1.81. The van der Waals surface area contributed by atoms with Gasteiger partial charge in [-0.2, -0.15) is 0 Å². The van der Waals surface area contributed by atoms with E-state index in [2.05, 4.69) is 5.32 Å². The number of alkyl halides is 2. The van der Waals surface area contributed by atoms with Gasteiger partial charge in [0.25, 0.3) is 5.92 Å². The molecule has 0 unspecified atom stereocenters. The Hall–Kier alpha value is -0.220. The summed E-state index contributed by atoms with van der Waals surface area (Å²) < 4.78 is 24.2. The first kappa shape index (κ1) is 9.78. The van der Waals surface area contributed by atoms with E-state index in [1.807, 2.05) is 0 Å². The summed E-state index contributed by atoms with van der Waals surface area (Å²) in [6, 6.07) is -0.0363. The summed E-state index contributed by atoms with van der Waals surface area (Å²) in [7, 11) is 0. The first-order chi connectivity index (χ1) is 4.45. The highest BCUT2D eigenvalue weighted by atomic mass is 19.3. The van der Waals surface area contributed by atoms with Gasteiger partial charge in [0.2, 0.25) is 0 Å². The molecule has 0 bridgehead atoms. The Labute approximate surface area is 59.8 Å². The number of nitrogens with two attached hydrogens (primary N) is 1. The van der Waals surface area contributed by atoms with Crippen molar-refractivity contribution in [1.29, 1.82) is 0 Å². The minimum absolute atomic E-state index is 0.0363. The van der Waals surface area contributed by atoms with Crippen molar-refractivity contribution in [1.82, 2.24) is 5.32 Å². The largest absolute Gasteiger partial charge is 0.329 e. The minimum atomic E-state index is -2.64. The molecule has 3 N–H and O–H groups in total.